The van der Waals surface area contributed by atoms with Crippen molar-refractivity contribution in [2.24, 2.45) is 0 Å². The summed E-state index contributed by atoms with van der Waals surface area (Å²) in [7, 11) is -3.74. The van der Waals surface area contributed by atoms with Crippen molar-refractivity contribution in [3.8, 4) is 6.07 Å². The van der Waals surface area contributed by atoms with E-state index in [1.807, 2.05) is 6.07 Å². The van der Waals surface area contributed by atoms with Crippen LogP contribution in [0.1, 0.15) is 27.0 Å². The minimum absolute atomic E-state index is 0.0794. The summed E-state index contributed by atoms with van der Waals surface area (Å²) in [5.74, 6) is 0.402. The first-order valence-electron chi connectivity index (χ1n) is 7.54. The van der Waals surface area contributed by atoms with Crippen LogP contribution in [-0.4, -0.2) is 32.8 Å². The molecule has 0 aliphatic heterocycles. The number of nitrogens with one attached hydrogen (secondary N) is 2. The highest BCUT2D eigenvalue weighted by Crippen LogP contribution is 2.19. The van der Waals surface area contributed by atoms with E-state index in [0.29, 0.717) is 28.8 Å². The number of carbonyl (C=O) groups is 1. The molecule has 0 atom stereocenters. The molecule has 1 aromatic carbocycles. The third kappa shape index (κ3) is 4.41. The van der Waals surface area contributed by atoms with Crippen LogP contribution < -0.4 is 10.0 Å². The van der Waals surface area contributed by atoms with Crippen LogP contribution in [-0.2, 0) is 10.0 Å². The van der Waals surface area contributed by atoms with Gasteiger partial charge in [0.25, 0.3) is 0 Å². The fraction of sp³-hybridized carbons (Fsp3) is 0.235. The summed E-state index contributed by atoms with van der Waals surface area (Å²) in [5.41, 5.74) is 2.03. The summed E-state index contributed by atoms with van der Waals surface area (Å²) in [6.45, 7) is 3.80. The third-order valence-corrected chi connectivity index (χ3v) is 5.22. The lowest BCUT2D eigenvalue weighted by molar-refractivity contribution is 0.112. The summed E-state index contributed by atoms with van der Waals surface area (Å²) in [4.78, 5) is 15.2. The number of carbonyl (C=O) groups excluding carboxylic acids is 1. The standard InChI is InChI=1S/C17H18N4O3S/c1-12-8-13(2)16(9-15(12)11-22)25(23,24)21-7-6-20-17-14(10-18)4-3-5-19-17/h3-5,8-9,11,21H,6-7H2,1-2H3,(H,19,20). The second-order valence-corrected chi connectivity index (χ2v) is 7.16. The van der Waals surface area contributed by atoms with Crippen LogP contribution in [0.3, 0.4) is 0 Å². The lowest BCUT2D eigenvalue weighted by atomic mass is 10.1. The van der Waals surface area contributed by atoms with Crippen LogP contribution >= 0.6 is 0 Å². The van der Waals surface area contributed by atoms with Gasteiger partial charge in [-0.3, -0.25) is 4.79 Å². The quantitative estimate of drug-likeness (QED) is 0.576. The molecular weight excluding hydrogens is 340 g/mol. The molecule has 7 nitrogen and oxygen atoms in total. The molecule has 0 unspecified atom stereocenters. The Hall–Kier alpha value is -2.76. The predicted octanol–water partition coefficient (Wildman–Crippen LogP) is 1.77. The van der Waals surface area contributed by atoms with Crippen molar-refractivity contribution in [3.63, 3.8) is 0 Å². The third-order valence-electron chi connectivity index (χ3n) is 3.62. The van der Waals surface area contributed by atoms with Crippen molar-refractivity contribution >= 4 is 22.1 Å². The molecule has 0 bridgehead atoms. The number of aryl methyl sites for hydroxylation is 2. The van der Waals surface area contributed by atoms with Crippen molar-refractivity contribution < 1.29 is 13.2 Å². The van der Waals surface area contributed by atoms with E-state index < -0.39 is 10.0 Å². The Morgan fingerprint density at radius 2 is 2.00 bits per heavy atom. The Bertz CT molecular complexity index is 933. The molecule has 8 heteroatoms. The normalized spacial score (nSPS) is 10.9. The molecule has 2 rings (SSSR count). The van der Waals surface area contributed by atoms with Gasteiger partial charge in [-0.25, -0.2) is 18.1 Å². The van der Waals surface area contributed by atoms with E-state index >= 15 is 0 Å². The summed E-state index contributed by atoms with van der Waals surface area (Å²) in [6, 6.07) is 8.32. The summed E-state index contributed by atoms with van der Waals surface area (Å²) in [6.07, 6.45) is 2.18. The second-order valence-electron chi connectivity index (χ2n) is 5.43. The number of nitrogens with zero attached hydrogens (tertiary/aromatic N) is 2. The fourth-order valence-corrected chi connectivity index (χ4v) is 3.64. The molecule has 0 saturated heterocycles. The number of benzene rings is 1. The van der Waals surface area contributed by atoms with Crippen LogP contribution in [0.15, 0.2) is 35.4 Å². The summed E-state index contributed by atoms with van der Waals surface area (Å²) in [5, 5.41) is 11.9. The number of pyridine rings is 1. The van der Waals surface area contributed by atoms with Crippen LogP contribution in [0, 0.1) is 25.2 Å². The molecule has 1 heterocycles. The first-order chi connectivity index (χ1) is 11.9. The molecule has 0 saturated carbocycles. The van der Waals surface area contributed by atoms with E-state index in [1.54, 1.807) is 38.2 Å². The number of aromatic nitrogens is 1. The molecule has 2 N–H and O–H groups in total. The van der Waals surface area contributed by atoms with Gasteiger partial charge in [-0.1, -0.05) is 6.07 Å². The molecular formula is C17H18N4O3S. The van der Waals surface area contributed by atoms with Gasteiger partial charge in [0, 0.05) is 24.8 Å². The average Bonchev–Trinajstić information content (AvgIpc) is 2.59. The van der Waals surface area contributed by atoms with Crippen LogP contribution in [0.4, 0.5) is 5.82 Å². The van der Waals surface area contributed by atoms with Gasteiger partial charge in [0.2, 0.25) is 10.0 Å². The number of sulfonamides is 1. The largest absolute Gasteiger partial charge is 0.368 e. The Balaban J connectivity index is 2.05. The minimum Gasteiger partial charge on any atom is -0.368 e. The molecule has 0 spiro atoms. The van der Waals surface area contributed by atoms with Crippen molar-refractivity contribution in [1.82, 2.24) is 9.71 Å². The van der Waals surface area contributed by atoms with Gasteiger partial charge in [0.1, 0.15) is 18.2 Å². The van der Waals surface area contributed by atoms with E-state index in [-0.39, 0.29) is 18.0 Å². The van der Waals surface area contributed by atoms with Crippen LogP contribution in [0.5, 0.6) is 0 Å². The Morgan fingerprint density at radius 3 is 2.68 bits per heavy atom. The molecule has 0 fully saturated rings. The smallest absolute Gasteiger partial charge is 0.240 e. The maximum Gasteiger partial charge on any atom is 0.240 e. The highest BCUT2D eigenvalue weighted by atomic mass is 32.2. The molecule has 2 aromatic rings. The Kier molecular flexibility index (Phi) is 5.85. The van der Waals surface area contributed by atoms with Crippen LogP contribution in [0.2, 0.25) is 0 Å². The maximum atomic E-state index is 12.4. The SMILES string of the molecule is Cc1cc(C)c(S(=O)(=O)NCCNc2ncccc2C#N)cc1C=O. The molecule has 0 radical (unpaired) electrons. The van der Waals surface area contributed by atoms with Crippen molar-refractivity contribution in [2.75, 3.05) is 18.4 Å². The van der Waals surface area contributed by atoms with Gasteiger partial charge < -0.3 is 5.32 Å². The fourth-order valence-electron chi connectivity index (χ4n) is 2.35. The lowest BCUT2D eigenvalue weighted by Gasteiger charge is -2.12. The number of anilines is 1. The monoisotopic (exact) mass is 358 g/mol. The number of rotatable bonds is 7. The van der Waals surface area contributed by atoms with E-state index in [4.69, 9.17) is 5.26 Å². The van der Waals surface area contributed by atoms with Gasteiger partial charge in [0.15, 0.2) is 0 Å². The molecule has 0 aliphatic rings. The van der Waals surface area contributed by atoms with Gasteiger partial charge in [-0.05, 0) is 43.2 Å². The Labute approximate surface area is 146 Å². The van der Waals surface area contributed by atoms with Crippen molar-refractivity contribution in [1.29, 1.82) is 5.26 Å². The zero-order chi connectivity index (χ0) is 18.4. The highest BCUT2D eigenvalue weighted by Gasteiger charge is 2.18. The maximum absolute atomic E-state index is 12.4. The molecule has 25 heavy (non-hydrogen) atoms. The number of nitriles is 1. The van der Waals surface area contributed by atoms with Crippen molar-refractivity contribution in [3.05, 3.63) is 52.7 Å². The van der Waals surface area contributed by atoms with Gasteiger partial charge in [-0.2, -0.15) is 5.26 Å². The first kappa shape index (κ1) is 18.6. The number of aldehydes is 1. The van der Waals surface area contributed by atoms with E-state index in [1.165, 1.54) is 6.07 Å². The zero-order valence-corrected chi connectivity index (χ0v) is 14.7. The van der Waals surface area contributed by atoms with E-state index in [2.05, 4.69) is 15.0 Å². The topological polar surface area (TPSA) is 112 Å². The molecule has 0 aliphatic carbocycles. The average molecular weight is 358 g/mol. The lowest BCUT2D eigenvalue weighted by Crippen LogP contribution is -2.29. The molecule has 130 valence electrons. The molecule has 1 aromatic heterocycles. The van der Waals surface area contributed by atoms with Gasteiger partial charge in [-0.15, -0.1) is 0 Å². The second kappa shape index (κ2) is 7.88. The van der Waals surface area contributed by atoms with Gasteiger partial charge >= 0.3 is 0 Å². The summed E-state index contributed by atoms with van der Waals surface area (Å²) < 4.78 is 27.4. The molecule has 0 amide bonds. The first-order valence-corrected chi connectivity index (χ1v) is 9.02. The highest BCUT2D eigenvalue weighted by molar-refractivity contribution is 7.89. The minimum atomic E-state index is -3.74. The predicted molar refractivity (Wildman–Crippen MR) is 93.9 cm³/mol. The number of hydrogen-bond acceptors (Lipinski definition) is 6. The van der Waals surface area contributed by atoms with Crippen molar-refractivity contribution in [2.45, 2.75) is 18.7 Å². The summed E-state index contributed by atoms with van der Waals surface area (Å²) >= 11 is 0. The Morgan fingerprint density at radius 1 is 1.24 bits per heavy atom. The van der Waals surface area contributed by atoms with E-state index in [0.717, 1.165) is 5.56 Å². The zero-order valence-electron chi connectivity index (χ0n) is 13.9. The van der Waals surface area contributed by atoms with E-state index in [9.17, 15) is 13.2 Å². The van der Waals surface area contributed by atoms with Crippen LogP contribution in [0.25, 0.3) is 0 Å². The van der Waals surface area contributed by atoms with Gasteiger partial charge in [0.05, 0.1) is 10.5 Å². The number of hydrogen-bond donors (Lipinski definition) is 2.